The van der Waals surface area contributed by atoms with Crippen LogP contribution in [0.3, 0.4) is 0 Å². The van der Waals surface area contributed by atoms with Gasteiger partial charge in [-0.3, -0.25) is 9.89 Å². The summed E-state index contributed by atoms with van der Waals surface area (Å²) >= 11 is 0. The number of hydrogen-bond donors (Lipinski definition) is 2. The Kier molecular flexibility index (Phi) is 5.35. The topological polar surface area (TPSA) is 102 Å². The Hall–Kier alpha value is -3.42. The number of nitrogens with zero attached hydrogens (tertiary/aromatic N) is 3. The van der Waals surface area contributed by atoms with Crippen LogP contribution < -0.4 is 5.32 Å². The van der Waals surface area contributed by atoms with E-state index in [1.165, 1.54) is 0 Å². The third-order valence-corrected chi connectivity index (χ3v) is 3.92. The molecular formula is C19H21N5O3. The fourth-order valence-corrected chi connectivity index (χ4v) is 2.42. The molecule has 0 spiro atoms. The molecule has 3 rings (SSSR count). The molecule has 27 heavy (non-hydrogen) atoms. The van der Waals surface area contributed by atoms with Crippen LogP contribution in [0.15, 0.2) is 42.6 Å². The van der Waals surface area contributed by atoms with Crippen LogP contribution in [0.4, 0.5) is 5.69 Å². The first-order chi connectivity index (χ1) is 13.0. The van der Waals surface area contributed by atoms with Gasteiger partial charge in [0.1, 0.15) is 0 Å². The molecule has 2 heterocycles. The standard InChI is InChI=1S/C19H21N5O3/c1-4-27-19(26)15-9-10-24(23-15)14-7-5-13(6-8-14)20-18(25)17-11-16(12(2)3)21-22-17/h5-12H,4H2,1-3H3,(H,20,25)(H,21,22). The minimum Gasteiger partial charge on any atom is -0.461 e. The molecule has 0 radical (unpaired) electrons. The first-order valence-corrected chi connectivity index (χ1v) is 8.67. The quantitative estimate of drug-likeness (QED) is 0.652. The molecule has 2 aromatic heterocycles. The molecule has 8 heteroatoms. The lowest BCUT2D eigenvalue weighted by atomic mass is 10.1. The summed E-state index contributed by atoms with van der Waals surface area (Å²) in [6.07, 6.45) is 1.68. The summed E-state index contributed by atoms with van der Waals surface area (Å²) in [6.45, 7) is 6.09. The number of nitrogens with one attached hydrogen (secondary N) is 2. The Morgan fingerprint density at radius 2 is 1.93 bits per heavy atom. The van der Waals surface area contributed by atoms with Crippen molar-refractivity contribution in [1.29, 1.82) is 0 Å². The minimum absolute atomic E-state index is 0.244. The van der Waals surface area contributed by atoms with Crippen molar-refractivity contribution < 1.29 is 14.3 Å². The van der Waals surface area contributed by atoms with Gasteiger partial charge in [0.15, 0.2) is 11.4 Å². The van der Waals surface area contributed by atoms with E-state index in [4.69, 9.17) is 4.74 Å². The van der Waals surface area contributed by atoms with Crippen LogP contribution in [0.25, 0.3) is 5.69 Å². The number of carbonyl (C=O) groups excluding carboxylic acids is 2. The van der Waals surface area contributed by atoms with E-state index < -0.39 is 5.97 Å². The summed E-state index contributed by atoms with van der Waals surface area (Å²) in [5.74, 6) is -0.471. The van der Waals surface area contributed by atoms with Crippen LogP contribution >= 0.6 is 0 Å². The molecule has 1 amide bonds. The summed E-state index contributed by atoms with van der Waals surface area (Å²) in [7, 11) is 0. The summed E-state index contributed by atoms with van der Waals surface area (Å²) in [4.78, 5) is 24.0. The summed E-state index contributed by atoms with van der Waals surface area (Å²) in [5, 5.41) is 13.9. The molecule has 0 aliphatic rings. The predicted octanol–water partition coefficient (Wildman–Crippen LogP) is 3.15. The number of hydrogen-bond acceptors (Lipinski definition) is 5. The third-order valence-electron chi connectivity index (χ3n) is 3.92. The summed E-state index contributed by atoms with van der Waals surface area (Å²) in [6, 6.07) is 10.4. The van der Waals surface area contributed by atoms with E-state index in [2.05, 4.69) is 20.6 Å². The molecule has 0 atom stereocenters. The Morgan fingerprint density at radius 1 is 1.19 bits per heavy atom. The maximum absolute atomic E-state index is 12.3. The molecular weight excluding hydrogens is 346 g/mol. The normalized spacial score (nSPS) is 10.8. The number of benzene rings is 1. The second-order valence-corrected chi connectivity index (χ2v) is 6.23. The van der Waals surface area contributed by atoms with Crippen LogP contribution in [-0.2, 0) is 4.74 Å². The molecule has 0 bridgehead atoms. The first-order valence-electron chi connectivity index (χ1n) is 8.67. The number of anilines is 1. The van der Waals surface area contributed by atoms with Crippen molar-refractivity contribution in [2.75, 3.05) is 11.9 Å². The van der Waals surface area contributed by atoms with Crippen molar-refractivity contribution >= 4 is 17.6 Å². The largest absolute Gasteiger partial charge is 0.461 e. The number of rotatable bonds is 6. The molecule has 0 aliphatic carbocycles. The number of esters is 1. The van der Waals surface area contributed by atoms with Crippen LogP contribution in [0, 0.1) is 0 Å². The summed E-state index contributed by atoms with van der Waals surface area (Å²) in [5.41, 5.74) is 2.88. The Balaban J connectivity index is 1.68. The van der Waals surface area contributed by atoms with Gasteiger partial charge in [-0.25, -0.2) is 9.48 Å². The SMILES string of the molecule is CCOC(=O)c1ccn(-c2ccc(NC(=O)c3cc(C(C)C)[nH]n3)cc2)n1. The van der Waals surface area contributed by atoms with Crippen molar-refractivity contribution in [3.8, 4) is 5.69 Å². The highest BCUT2D eigenvalue weighted by Gasteiger charge is 2.13. The minimum atomic E-state index is -0.458. The highest BCUT2D eigenvalue weighted by molar-refractivity contribution is 6.02. The Morgan fingerprint density at radius 3 is 2.56 bits per heavy atom. The van der Waals surface area contributed by atoms with Crippen molar-refractivity contribution in [3.05, 3.63) is 59.7 Å². The predicted molar refractivity (Wildman–Crippen MR) is 100 cm³/mol. The summed E-state index contributed by atoms with van der Waals surface area (Å²) < 4.78 is 6.50. The van der Waals surface area contributed by atoms with Gasteiger partial charge in [0, 0.05) is 17.6 Å². The van der Waals surface area contributed by atoms with E-state index in [9.17, 15) is 9.59 Å². The molecule has 2 N–H and O–H groups in total. The highest BCUT2D eigenvalue weighted by Crippen LogP contribution is 2.16. The fraction of sp³-hybridized carbons (Fsp3) is 0.263. The average molecular weight is 367 g/mol. The van der Waals surface area contributed by atoms with E-state index in [0.29, 0.717) is 18.0 Å². The van der Waals surface area contributed by atoms with Crippen LogP contribution in [0.5, 0.6) is 0 Å². The number of amides is 1. The van der Waals surface area contributed by atoms with E-state index in [-0.39, 0.29) is 17.5 Å². The molecule has 0 fully saturated rings. The smallest absolute Gasteiger partial charge is 0.358 e. The van der Waals surface area contributed by atoms with Crippen molar-refractivity contribution in [1.82, 2.24) is 20.0 Å². The van der Waals surface area contributed by atoms with Gasteiger partial charge in [0.05, 0.1) is 12.3 Å². The van der Waals surface area contributed by atoms with Gasteiger partial charge >= 0.3 is 5.97 Å². The zero-order chi connectivity index (χ0) is 19.4. The molecule has 3 aromatic rings. The maximum Gasteiger partial charge on any atom is 0.358 e. The average Bonchev–Trinajstić information content (AvgIpc) is 3.33. The number of carbonyl (C=O) groups is 2. The van der Waals surface area contributed by atoms with Crippen molar-refractivity contribution in [2.45, 2.75) is 26.7 Å². The van der Waals surface area contributed by atoms with Gasteiger partial charge in [0.25, 0.3) is 5.91 Å². The van der Waals surface area contributed by atoms with Crippen molar-refractivity contribution in [2.24, 2.45) is 0 Å². The van der Waals surface area contributed by atoms with E-state index in [0.717, 1.165) is 11.4 Å². The maximum atomic E-state index is 12.3. The lowest BCUT2D eigenvalue weighted by molar-refractivity contribution is 0.0519. The zero-order valence-electron chi connectivity index (χ0n) is 15.4. The van der Waals surface area contributed by atoms with Gasteiger partial charge in [-0.15, -0.1) is 0 Å². The number of H-pyrrole nitrogens is 1. The van der Waals surface area contributed by atoms with Crippen LogP contribution in [0.2, 0.25) is 0 Å². The molecule has 0 saturated carbocycles. The van der Waals surface area contributed by atoms with Crippen molar-refractivity contribution in [3.63, 3.8) is 0 Å². The van der Waals surface area contributed by atoms with Crippen LogP contribution in [-0.4, -0.2) is 38.5 Å². The van der Waals surface area contributed by atoms with E-state index in [1.54, 1.807) is 54.2 Å². The third kappa shape index (κ3) is 4.22. The highest BCUT2D eigenvalue weighted by atomic mass is 16.5. The lowest BCUT2D eigenvalue weighted by Crippen LogP contribution is -2.12. The monoisotopic (exact) mass is 367 g/mol. The number of aromatic nitrogens is 4. The van der Waals surface area contributed by atoms with Crippen LogP contribution in [0.1, 0.15) is 53.4 Å². The molecule has 0 saturated heterocycles. The Bertz CT molecular complexity index is 940. The Labute approximate surface area is 156 Å². The molecule has 140 valence electrons. The number of aromatic amines is 1. The van der Waals surface area contributed by atoms with Gasteiger partial charge in [-0.2, -0.15) is 10.2 Å². The zero-order valence-corrected chi connectivity index (χ0v) is 15.4. The number of ether oxygens (including phenoxy) is 1. The molecule has 8 nitrogen and oxygen atoms in total. The second-order valence-electron chi connectivity index (χ2n) is 6.23. The van der Waals surface area contributed by atoms with Gasteiger partial charge in [-0.05, 0) is 49.2 Å². The lowest BCUT2D eigenvalue weighted by Gasteiger charge is -2.05. The van der Waals surface area contributed by atoms with E-state index in [1.807, 2.05) is 13.8 Å². The van der Waals surface area contributed by atoms with Gasteiger partial charge in [0.2, 0.25) is 0 Å². The molecule has 1 aromatic carbocycles. The van der Waals surface area contributed by atoms with Gasteiger partial charge in [-0.1, -0.05) is 13.8 Å². The molecule has 0 unspecified atom stereocenters. The van der Waals surface area contributed by atoms with Gasteiger partial charge < -0.3 is 10.1 Å². The van der Waals surface area contributed by atoms with E-state index >= 15 is 0 Å². The first kappa shape index (κ1) is 18.4. The second kappa shape index (κ2) is 7.86. The molecule has 0 aliphatic heterocycles. The fourth-order valence-electron chi connectivity index (χ4n) is 2.42.